The predicted molar refractivity (Wildman–Crippen MR) is 78.6 cm³/mol. The molecule has 0 aliphatic heterocycles. The molecule has 2 heterocycles. The molecular weight excluding hydrogens is 288 g/mol. The van der Waals surface area contributed by atoms with E-state index in [1.54, 1.807) is 4.68 Å². The standard InChI is InChI=1S/C13H12N6OS/c14-10(20)7-21-13-11-12(15-8-16-13)19(18-17-11)6-9-4-2-1-3-5-9/h1-5,8H,6-7H2,(H2,14,20). The maximum absolute atomic E-state index is 10.9. The van der Waals surface area contributed by atoms with Gasteiger partial charge in [0.1, 0.15) is 11.4 Å². The lowest BCUT2D eigenvalue weighted by molar-refractivity contribution is -0.115. The third kappa shape index (κ3) is 3.00. The van der Waals surface area contributed by atoms with E-state index in [2.05, 4.69) is 20.3 Å². The van der Waals surface area contributed by atoms with E-state index in [0.29, 0.717) is 22.7 Å². The lowest BCUT2D eigenvalue weighted by Gasteiger charge is -2.02. The molecule has 3 aromatic rings. The highest BCUT2D eigenvalue weighted by Gasteiger charge is 2.13. The van der Waals surface area contributed by atoms with Gasteiger partial charge in [0, 0.05) is 0 Å². The number of hydrogen-bond donors (Lipinski definition) is 1. The van der Waals surface area contributed by atoms with Crippen LogP contribution >= 0.6 is 11.8 Å². The minimum Gasteiger partial charge on any atom is -0.369 e. The summed E-state index contributed by atoms with van der Waals surface area (Å²) in [5, 5.41) is 8.83. The molecule has 2 aromatic heterocycles. The Morgan fingerprint density at radius 1 is 1.24 bits per heavy atom. The number of rotatable bonds is 5. The van der Waals surface area contributed by atoms with Crippen molar-refractivity contribution in [3.05, 3.63) is 42.2 Å². The molecule has 1 aromatic carbocycles. The molecule has 0 atom stereocenters. The molecule has 0 radical (unpaired) electrons. The van der Waals surface area contributed by atoms with Crippen LogP contribution in [0.25, 0.3) is 11.2 Å². The molecule has 0 spiro atoms. The molecule has 0 aliphatic carbocycles. The van der Waals surface area contributed by atoms with Gasteiger partial charge in [0.2, 0.25) is 5.91 Å². The van der Waals surface area contributed by atoms with E-state index in [1.807, 2.05) is 30.3 Å². The Morgan fingerprint density at radius 2 is 2.05 bits per heavy atom. The number of carbonyl (C=O) groups excluding carboxylic acids is 1. The van der Waals surface area contributed by atoms with Gasteiger partial charge in [-0.05, 0) is 5.56 Å². The first-order valence-corrected chi connectivity index (χ1v) is 7.22. The van der Waals surface area contributed by atoms with Gasteiger partial charge < -0.3 is 5.73 Å². The fourth-order valence-corrected chi connectivity index (χ4v) is 2.55. The maximum Gasteiger partial charge on any atom is 0.227 e. The van der Waals surface area contributed by atoms with E-state index in [4.69, 9.17) is 5.73 Å². The molecule has 3 rings (SSSR count). The lowest BCUT2D eigenvalue weighted by atomic mass is 10.2. The summed E-state index contributed by atoms with van der Waals surface area (Å²) in [6.07, 6.45) is 1.44. The number of benzene rings is 1. The average Bonchev–Trinajstić information content (AvgIpc) is 2.90. The zero-order valence-electron chi connectivity index (χ0n) is 11.0. The van der Waals surface area contributed by atoms with Crippen molar-refractivity contribution < 1.29 is 4.79 Å². The third-order valence-corrected chi connectivity index (χ3v) is 3.79. The van der Waals surface area contributed by atoms with Crippen LogP contribution in [0.4, 0.5) is 0 Å². The summed E-state index contributed by atoms with van der Waals surface area (Å²) in [6, 6.07) is 9.92. The third-order valence-electron chi connectivity index (χ3n) is 2.79. The van der Waals surface area contributed by atoms with Gasteiger partial charge in [0.25, 0.3) is 0 Å². The number of thioether (sulfide) groups is 1. The fraction of sp³-hybridized carbons (Fsp3) is 0.154. The van der Waals surface area contributed by atoms with Crippen LogP contribution in [0.15, 0.2) is 41.7 Å². The molecule has 2 N–H and O–H groups in total. The largest absolute Gasteiger partial charge is 0.369 e. The number of fused-ring (bicyclic) bond motifs is 1. The number of nitrogens with zero attached hydrogens (tertiary/aromatic N) is 5. The summed E-state index contributed by atoms with van der Waals surface area (Å²) in [5.41, 5.74) is 7.48. The average molecular weight is 300 g/mol. The number of nitrogens with two attached hydrogens (primary N) is 1. The van der Waals surface area contributed by atoms with Gasteiger partial charge in [0.15, 0.2) is 11.2 Å². The summed E-state index contributed by atoms with van der Waals surface area (Å²) in [7, 11) is 0. The van der Waals surface area contributed by atoms with Crippen LogP contribution < -0.4 is 5.73 Å². The Kier molecular flexibility index (Phi) is 3.78. The molecule has 0 aliphatic rings. The molecule has 21 heavy (non-hydrogen) atoms. The van der Waals surface area contributed by atoms with Crippen molar-refractivity contribution in [1.29, 1.82) is 0 Å². The highest BCUT2D eigenvalue weighted by atomic mass is 32.2. The van der Waals surface area contributed by atoms with Gasteiger partial charge in [0.05, 0.1) is 12.3 Å². The molecule has 0 saturated carbocycles. The van der Waals surface area contributed by atoms with Crippen molar-refractivity contribution in [3.63, 3.8) is 0 Å². The normalized spacial score (nSPS) is 10.9. The smallest absolute Gasteiger partial charge is 0.227 e. The molecule has 0 fully saturated rings. The summed E-state index contributed by atoms with van der Waals surface area (Å²) in [5.74, 6) is -0.249. The SMILES string of the molecule is NC(=O)CSc1ncnc2c1nnn2Cc1ccccc1. The molecule has 0 bridgehead atoms. The summed E-state index contributed by atoms with van der Waals surface area (Å²) >= 11 is 1.24. The van der Waals surface area contributed by atoms with Crippen LogP contribution in [0.3, 0.4) is 0 Å². The van der Waals surface area contributed by atoms with Crippen LogP contribution in [0.1, 0.15) is 5.56 Å². The van der Waals surface area contributed by atoms with Crippen molar-refractivity contribution in [1.82, 2.24) is 25.0 Å². The van der Waals surface area contributed by atoms with Gasteiger partial charge in [-0.15, -0.1) is 5.10 Å². The number of hydrogen-bond acceptors (Lipinski definition) is 6. The van der Waals surface area contributed by atoms with Gasteiger partial charge in [-0.3, -0.25) is 4.79 Å². The number of amides is 1. The first-order chi connectivity index (χ1) is 10.2. The van der Waals surface area contributed by atoms with Gasteiger partial charge in [-0.1, -0.05) is 47.3 Å². The zero-order chi connectivity index (χ0) is 14.7. The van der Waals surface area contributed by atoms with E-state index in [-0.39, 0.29) is 5.75 Å². The minimum atomic E-state index is -0.400. The first-order valence-electron chi connectivity index (χ1n) is 6.23. The van der Waals surface area contributed by atoms with E-state index < -0.39 is 5.91 Å². The number of primary amides is 1. The predicted octanol–water partition coefficient (Wildman–Crippen LogP) is 0.847. The van der Waals surface area contributed by atoms with Crippen LogP contribution in [0.2, 0.25) is 0 Å². The maximum atomic E-state index is 10.9. The van der Waals surface area contributed by atoms with E-state index >= 15 is 0 Å². The van der Waals surface area contributed by atoms with Crippen LogP contribution in [-0.4, -0.2) is 36.6 Å². The Balaban J connectivity index is 1.91. The van der Waals surface area contributed by atoms with Gasteiger partial charge in [-0.2, -0.15) is 0 Å². The van der Waals surface area contributed by atoms with Crippen LogP contribution in [0.5, 0.6) is 0 Å². The van der Waals surface area contributed by atoms with Crippen molar-refractivity contribution in [2.75, 3.05) is 5.75 Å². The molecular formula is C13H12N6OS. The highest BCUT2D eigenvalue weighted by molar-refractivity contribution is 8.00. The topological polar surface area (TPSA) is 99.6 Å². The summed E-state index contributed by atoms with van der Waals surface area (Å²) in [6.45, 7) is 0.578. The van der Waals surface area contributed by atoms with E-state index in [1.165, 1.54) is 18.1 Å². The van der Waals surface area contributed by atoms with Crippen molar-refractivity contribution in [2.24, 2.45) is 5.73 Å². The summed E-state index contributed by atoms with van der Waals surface area (Å²) < 4.78 is 1.71. The van der Waals surface area contributed by atoms with Crippen molar-refractivity contribution >= 4 is 28.8 Å². The zero-order valence-corrected chi connectivity index (χ0v) is 11.8. The minimum absolute atomic E-state index is 0.150. The summed E-state index contributed by atoms with van der Waals surface area (Å²) in [4.78, 5) is 19.2. The lowest BCUT2D eigenvalue weighted by Crippen LogP contribution is -2.13. The van der Waals surface area contributed by atoms with Crippen molar-refractivity contribution in [2.45, 2.75) is 11.6 Å². The Morgan fingerprint density at radius 3 is 2.81 bits per heavy atom. The molecule has 8 heteroatoms. The molecule has 1 amide bonds. The van der Waals surface area contributed by atoms with E-state index in [9.17, 15) is 4.79 Å². The Hall–Kier alpha value is -2.48. The number of aromatic nitrogens is 5. The fourth-order valence-electron chi connectivity index (χ4n) is 1.88. The number of carbonyl (C=O) groups is 1. The van der Waals surface area contributed by atoms with E-state index in [0.717, 1.165) is 5.56 Å². The van der Waals surface area contributed by atoms with Crippen molar-refractivity contribution in [3.8, 4) is 0 Å². The second kappa shape index (κ2) is 5.88. The first kappa shape index (κ1) is 13.5. The monoisotopic (exact) mass is 300 g/mol. The Bertz CT molecular complexity index is 773. The second-order valence-electron chi connectivity index (χ2n) is 4.34. The molecule has 0 saturated heterocycles. The van der Waals surface area contributed by atoms with Crippen LogP contribution in [-0.2, 0) is 11.3 Å². The van der Waals surface area contributed by atoms with Gasteiger partial charge >= 0.3 is 0 Å². The molecule has 106 valence electrons. The second-order valence-corrected chi connectivity index (χ2v) is 5.30. The quantitative estimate of drug-likeness (QED) is 0.554. The van der Waals surface area contributed by atoms with Gasteiger partial charge in [-0.25, -0.2) is 14.6 Å². The molecule has 7 nitrogen and oxygen atoms in total. The Labute approximate surface area is 124 Å². The molecule has 0 unspecified atom stereocenters. The van der Waals surface area contributed by atoms with Crippen LogP contribution in [0, 0.1) is 0 Å². The highest BCUT2D eigenvalue weighted by Crippen LogP contribution is 2.22.